The van der Waals surface area contributed by atoms with Gasteiger partial charge in [-0.2, -0.15) is 0 Å². The lowest BCUT2D eigenvalue weighted by Crippen LogP contribution is -2.33. The zero-order valence-corrected chi connectivity index (χ0v) is 14.7. The number of fused-ring (bicyclic) bond motifs is 5. The number of carbonyl (C=O) groups excluding carboxylic acids is 2. The zero-order valence-electron chi connectivity index (χ0n) is 14.7. The molecule has 2 aliphatic carbocycles. The predicted molar refractivity (Wildman–Crippen MR) is 94.5 cm³/mol. The Bertz CT molecular complexity index is 695. The highest BCUT2D eigenvalue weighted by atomic mass is 16.2. The minimum atomic E-state index is -0.114. The maximum Gasteiger partial charge on any atom is 0.238 e. The molecule has 4 atom stereocenters. The highest BCUT2D eigenvalue weighted by Gasteiger charge is 2.63. The van der Waals surface area contributed by atoms with Gasteiger partial charge in [-0.1, -0.05) is 36.6 Å². The fraction of sp³-hybridized carbons (Fsp3) is 0.524. The number of allylic oxidation sites excluding steroid dienone is 2. The summed E-state index contributed by atoms with van der Waals surface area (Å²) in [7, 11) is 0. The molecule has 0 radical (unpaired) electrons. The molecule has 3 nitrogen and oxygen atoms in total. The second kappa shape index (κ2) is 5.58. The molecule has 1 aromatic rings. The SMILES string of the molecule is CCCc1ccc(N2C(=O)[C@H]3[C@H](C2=O)[C@H]2CC[C@H]3C2=C(C)C)cc1. The third-order valence-electron chi connectivity index (χ3n) is 6.16. The molecule has 4 rings (SSSR count). The standard InChI is InChI=1S/C21H25NO2/c1-4-5-13-6-8-14(9-7-13)22-20(23)18-15-10-11-16(17(15)12(2)3)19(18)21(22)24/h6-9,15-16,18-19H,4-5,10-11H2,1-3H3/t15-,16-,18+,19+/m0/s1. The van der Waals surface area contributed by atoms with E-state index in [1.165, 1.54) is 21.6 Å². The summed E-state index contributed by atoms with van der Waals surface area (Å²) >= 11 is 0. The number of aryl methyl sites for hydroxylation is 1. The summed E-state index contributed by atoms with van der Waals surface area (Å²) in [6.07, 6.45) is 4.25. The molecule has 2 bridgehead atoms. The fourth-order valence-electron chi connectivity index (χ4n) is 5.35. The van der Waals surface area contributed by atoms with Gasteiger partial charge in [0.2, 0.25) is 11.8 Å². The van der Waals surface area contributed by atoms with Crippen molar-refractivity contribution in [1.29, 1.82) is 0 Å². The van der Waals surface area contributed by atoms with Crippen molar-refractivity contribution in [3.05, 3.63) is 41.0 Å². The van der Waals surface area contributed by atoms with Crippen LogP contribution < -0.4 is 4.90 Å². The summed E-state index contributed by atoms with van der Waals surface area (Å²) in [4.78, 5) is 27.6. The van der Waals surface area contributed by atoms with Gasteiger partial charge < -0.3 is 0 Å². The van der Waals surface area contributed by atoms with Crippen molar-refractivity contribution in [1.82, 2.24) is 0 Å². The lowest BCUT2D eigenvalue weighted by molar-refractivity contribution is -0.123. The van der Waals surface area contributed by atoms with Crippen LogP contribution in [0.1, 0.15) is 45.6 Å². The number of amides is 2. The number of benzene rings is 1. The predicted octanol–water partition coefficient (Wildman–Crippen LogP) is 4.12. The molecule has 2 saturated carbocycles. The van der Waals surface area contributed by atoms with E-state index in [1.807, 2.05) is 24.3 Å². The molecule has 24 heavy (non-hydrogen) atoms. The van der Waals surface area contributed by atoms with Crippen LogP contribution in [0.5, 0.6) is 0 Å². The molecule has 3 fully saturated rings. The van der Waals surface area contributed by atoms with E-state index in [9.17, 15) is 9.59 Å². The van der Waals surface area contributed by atoms with Gasteiger partial charge in [0, 0.05) is 0 Å². The summed E-state index contributed by atoms with van der Waals surface area (Å²) in [5.74, 6) is 0.419. The van der Waals surface area contributed by atoms with Crippen molar-refractivity contribution < 1.29 is 9.59 Å². The van der Waals surface area contributed by atoms with Gasteiger partial charge in [0.15, 0.2) is 0 Å². The maximum absolute atomic E-state index is 13.0. The Morgan fingerprint density at radius 3 is 2.00 bits per heavy atom. The van der Waals surface area contributed by atoms with Crippen LogP contribution in [0.3, 0.4) is 0 Å². The van der Waals surface area contributed by atoms with E-state index in [0.717, 1.165) is 31.4 Å². The van der Waals surface area contributed by atoms with Gasteiger partial charge >= 0.3 is 0 Å². The van der Waals surface area contributed by atoms with Crippen molar-refractivity contribution in [3.8, 4) is 0 Å². The molecule has 0 aromatic heterocycles. The first-order valence-corrected chi connectivity index (χ1v) is 9.18. The average molecular weight is 323 g/mol. The topological polar surface area (TPSA) is 37.4 Å². The smallest absolute Gasteiger partial charge is 0.238 e. The van der Waals surface area contributed by atoms with Crippen molar-refractivity contribution in [2.75, 3.05) is 4.90 Å². The first kappa shape index (κ1) is 15.6. The van der Waals surface area contributed by atoms with Crippen molar-refractivity contribution in [2.45, 2.75) is 46.5 Å². The zero-order chi connectivity index (χ0) is 17.0. The molecule has 1 heterocycles. The Morgan fingerprint density at radius 1 is 1.00 bits per heavy atom. The van der Waals surface area contributed by atoms with Crippen LogP contribution in [0.15, 0.2) is 35.4 Å². The molecule has 126 valence electrons. The van der Waals surface area contributed by atoms with Crippen LogP contribution in [0, 0.1) is 23.7 Å². The van der Waals surface area contributed by atoms with E-state index < -0.39 is 0 Å². The van der Waals surface area contributed by atoms with Crippen molar-refractivity contribution >= 4 is 17.5 Å². The second-order valence-electron chi connectivity index (χ2n) is 7.73. The highest BCUT2D eigenvalue weighted by molar-refractivity contribution is 6.23. The van der Waals surface area contributed by atoms with Crippen LogP contribution in [-0.4, -0.2) is 11.8 Å². The Labute approximate surface area is 143 Å². The number of anilines is 1. The summed E-state index contributed by atoms with van der Waals surface area (Å²) < 4.78 is 0. The number of carbonyl (C=O) groups is 2. The minimum Gasteiger partial charge on any atom is -0.274 e. The van der Waals surface area contributed by atoms with Gasteiger partial charge in [-0.15, -0.1) is 0 Å². The van der Waals surface area contributed by atoms with E-state index >= 15 is 0 Å². The second-order valence-corrected chi connectivity index (χ2v) is 7.73. The lowest BCUT2D eigenvalue weighted by atomic mass is 9.81. The molecular weight excluding hydrogens is 298 g/mol. The third-order valence-corrected chi connectivity index (χ3v) is 6.16. The van der Waals surface area contributed by atoms with Crippen LogP contribution in [0.4, 0.5) is 5.69 Å². The Kier molecular flexibility index (Phi) is 3.63. The van der Waals surface area contributed by atoms with Crippen molar-refractivity contribution in [3.63, 3.8) is 0 Å². The normalized spacial score (nSPS) is 31.1. The van der Waals surface area contributed by atoms with Gasteiger partial charge in [0.05, 0.1) is 17.5 Å². The highest BCUT2D eigenvalue weighted by Crippen LogP contribution is 2.60. The summed E-state index contributed by atoms with van der Waals surface area (Å²) in [5.41, 5.74) is 4.72. The summed E-state index contributed by atoms with van der Waals surface area (Å²) in [6.45, 7) is 6.40. The largest absolute Gasteiger partial charge is 0.274 e. The van der Waals surface area contributed by atoms with Gasteiger partial charge in [-0.3, -0.25) is 14.5 Å². The van der Waals surface area contributed by atoms with E-state index in [0.29, 0.717) is 11.8 Å². The molecule has 1 aromatic carbocycles. The van der Waals surface area contributed by atoms with Gasteiger partial charge in [-0.05, 0) is 62.6 Å². The molecule has 0 spiro atoms. The van der Waals surface area contributed by atoms with Gasteiger partial charge in [0.25, 0.3) is 0 Å². The first-order chi connectivity index (χ1) is 11.5. The molecule has 1 aliphatic heterocycles. The first-order valence-electron chi connectivity index (χ1n) is 9.18. The van der Waals surface area contributed by atoms with Crippen LogP contribution in [-0.2, 0) is 16.0 Å². The van der Waals surface area contributed by atoms with Gasteiger partial charge in [0.1, 0.15) is 0 Å². The monoisotopic (exact) mass is 323 g/mol. The van der Waals surface area contributed by atoms with E-state index in [4.69, 9.17) is 0 Å². The van der Waals surface area contributed by atoms with E-state index in [1.54, 1.807) is 0 Å². The maximum atomic E-state index is 13.0. The number of nitrogens with zero attached hydrogens (tertiary/aromatic N) is 1. The molecule has 3 aliphatic rings. The van der Waals surface area contributed by atoms with Crippen LogP contribution in [0.2, 0.25) is 0 Å². The van der Waals surface area contributed by atoms with Gasteiger partial charge in [-0.25, -0.2) is 0 Å². The average Bonchev–Trinajstić information content (AvgIpc) is 3.19. The number of hydrogen-bond donors (Lipinski definition) is 0. The number of imide groups is 1. The number of rotatable bonds is 3. The van der Waals surface area contributed by atoms with Crippen molar-refractivity contribution in [2.24, 2.45) is 23.7 Å². The summed E-state index contributed by atoms with van der Waals surface area (Å²) in [6, 6.07) is 7.96. The molecule has 0 N–H and O–H groups in total. The van der Waals surface area contributed by atoms with Crippen LogP contribution in [0.25, 0.3) is 0 Å². The molecule has 3 heteroatoms. The third kappa shape index (κ3) is 2.03. The summed E-state index contributed by atoms with van der Waals surface area (Å²) in [5, 5.41) is 0. The Morgan fingerprint density at radius 2 is 1.54 bits per heavy atom. The molecule has 2 amide bonds. The number of hydrogen-bond acceptors (Lipinski definition) is 2. The molecule has 0 unspecified atom stereocenters. The lowest BCUT2D eigenvalue weighted by Gasteiger charge is -2.19. The molecular formula is C21H25NO2. The minimum absolute atomic E-state index is 0.0270. The van der Waals surface area contributed by atoms with Crippen LogP contribution >= 0.6 is 0 Å². The fourth-order valence-corrected chi connectivity index (χ4v) is 5.35. The quantitative estimate of drug-likeness (QED) is 0.620. The van der Waals surface area contributed by atoms with E-state index in [-0.39, 0.29) is 23.7 Å². The van der Waals surface area contributed by atoms with E-state index in [2.05, 4.69) is 20.8 Å². The Hall–Kier alpha value is -1.90. The Balaban J connectivity index is 1.67. The molecule has 1 saturated heterocycles.